The Labute approximate surface area is 90.3 Å². The van der Waals surface area contributed by atoms with Gasteiger partial charge in [-0.05, 0) is 34.7 Å². The molecule has 3 heteroatoms. The Morgan fingerprint density at radius 1 is 0.933 bits per heavy atom. The standard InChI is InChI=1S/C12H6O2S/c13-11-9-5-7-3-1-2-4-8(7)6-10(9)15-12(11)14/h1-6H. The van der Waals surface area contributed by atoms with Crippen molar-refractivity contribution in [3.8, 4) is 0 Å². The largest absolute Gasteiger partial charge is 0.284 e. The predicted octanol–water partition coefficient (Wildman–Crippen LogP) is 2.65. The topological polar surface area (TPSA) is 34.1 Å². The van der Waals surface area contributed by atoms with Gasteiger partial charge in [0, 0.05) is 10.5 Å². The van der Waals surface area contributed by atoms with Gasteiger partial charge < -0.3 is 0 Å². The Kier molecular flexibility index (Phi) is 1.70. The number of rotatable bonds is 0. The van der Waals surface area contributed by atoms with E-state index in [1.54, 1.807) is 6.07 Å². The van der Waals surface area contributed by atoms with Gasteiger partial charge in [-0.1, -0.05) is 24.3 Å². The summed E-state index contributed by atoms with van der Waals surface area (Å²) < 4.78 is 0. The summed E-state index contributed by atoms with van der Waals surface area (Å²) in [6.07, 6.45) is 0. The molecule has 0 bridgehead atoms. The van der Waals surface area contributed by atoms with Crippen LogP contribution < -0.4 is 0 Å². The van der Waals surface area contributed by atoms with Gasteiger partial charge >= 0.3 is 0 Å². The first-order chi connectivity index (χ1) is 7.25. The van der Waals surface area contributed by atoms with Crippen LogP contribution in [0.4, 0.5) is 0 Å². The van der Waals surface area contributed by atoms with Crippen LogP contribution >= 0.6 is 11.8 Å². The highest BCUT2D eigenvalue weighted by Crippen LogP contribution is 2.35. The minimum absolute atomic E-state index is 0.374. The van der Waals surface area contributed by atoms with Gasteiger partial charge in [0.25, 0.3) is 5.12 Å². The summed E-state index contributed by atoms with van der Waals surface area (Å²) in [6.45, 7) is 0. The zero-order valence-corrected chi connectivity index (χ0v) is 8.51. The fourth-order valence-electron chi connectivity index (χ4n) is 1.74. The molecule has 2 aromatic rings. The molecule has 0 radical (unpaired) electrons. The number of carbonyl (C=O) groups excluding carboxylic acids is 2. The van der Waals surface area contributed by atoms with Crippen LogP contribution in [0.1, 0.15) is 10.4 Å². The predicted molar refractivity (Wildman–Crippen MR) is 59.1 cm³/mol. The number of hydrogen-bond acceptors (Lipinski definition) is 3. The van der Waals surface area contributed by atoms with E-state index in [1.165, 1.54) is 0 Å². The Balaban J connectivity index is 2.36. The number of thioether (sulfide) groups is 1. The van der Waals surface area contributed by atoms with Crippen LogP contribution in [0.15, 0.2) is 41.3 Å². The zero-order chi connectivity index (χ0) is 10.4. The van der Waals surface area contributed by atoms with Crippen LogP contribution in [-0.2, 0) is 4.79 Å². The van der Waals surface area contributed by atoms with Crippen molar-refractivity contribution in [1.29, 1.82) is 0 Å². The van der Waals surface area contributed by atoms with E-state index in [2.05, 4.69) is 0 Å². The van der Waals surface area contributed by atoms with E-state index in [9.17, 15) is 9.59 Å². The maximum atomic E-state index is 11.5. The van der Waals surface area contributed by atoms with Gasteiger partial charge in [-0.25, -0.2) is 0 Å². The van der Waals surface area contributed by atoms with Gasteiger partial charge in [-0.3, -0.25) is 9.59 Å². The van der Waals surface area contributed by atoms with Crippen molar-refractivity contribution >= 4 is 33.4 Å². The molecule has 0 fully saturated rings. The minimum atomic E-state index is -0.375. The molecule has 0 aliphatic carbocycles. The summed E-state index contributed by atoms with van der Waals surface area (Å²) in [5, 5.41) is 1.69. The third kappa shape index (κ3) is 1.20. The van der Waals surface area contributed by atoms with E-state index in [-0.39, 0.29) is 10.9 Å². The average Bonchev–Trinajstić information content (AvgIpc) is 2.52. The van der Waals surface area contributed by atoms with Gasteiger partial charge in [-0.15, -0.1) is 0 Å². The highest BCUT2D eigenvalue weighted by Gasteiger charge is 2.29. The molecule has 72 valence electrons. The first-order valence-electron chi connectivity index (χ1n) is 4.55. The molecular formula is C12H6O2S. The molecule has 0 saturated heterocycles. The van der Waals surface area contributed by atoms with Gasteiger partial charge in [0.2, 0.25) is 5.78 Å². The third-order valence-electron chi connectivity index (χ3n) is 2.48. The highest BCUT2D eigenvalue weighted by atomic mass is 32.2. The van der Waals surface area contributed by atoms with Crippen LogP contribution in [0.2, 0.25) is 0 Å². The number of ketones is 1. The molecule has 2 nitrogen and oxygen atoms in total. The van der Waals surface area contributed by atoms with E-state index >= 15 is 0 Å². The van der Waals surface area contributed by atoms with Crippen molar-refractivity contribution in [3.63, 3.8) is 0 Å². The van der Waals surface area contributed by atoms with Crippen LogP contribution in [0, 0.1) is 0 Å². The van der Waals surface area contributed by atoms with E-state index in [0.29, 0.717) is 5.56 Å². The summed E-state index contributed by atoms with van der Waals surface area (Å²) in [5.74, 6) is -0.374. The Bertz CT molecular complexity index is 602. The Hall–Kier alpha value is -1.61. The van der Waals surface area contributed by atoms with Crippen LogP contribution in [0.5, 0.6) is 0 Å². The highest BCUT2D eigenvalue weighted by molar-refractivity contribution is 8.16. The molecule has 0 atom stereocenters. The first kappa shape index (κ1) is 8.68. The second-order valence-corrected chi connectivity index (χ2v) is 4.43. The Morgan fingerprint density at radius 3 is 2.33 bits per heavy atom. The summed E-state index contributed by atoms with van der Waals surface area (Å²) in [4.78, 5) is 23.5. The van der Waals surface area contributed by atoms with Gasteiger partial charge in [0.1, 0.15) is 0 Å². The summed E-state index contributed by atoms with van der Waals surface area (Å²) in [7, 11) is 0. The van der Waals surface area contributed by atoms with Crippen LogP contribution in [-0.4, -0.2) is 10.9 Å². The molecule has 0 unspecified atom stereocenters. The maximum absolute atomic E-state index is 11.5. The SMILES string of the molecule is O=C1Sc2cc3ccccc3cc2C1=O. The maximum Gasteiger partial charge on any atom is 0.264 e. The summed E-state index contributed by atoms with van der Waals surface area (Å²) >= 11 is 1.03. The molecular weight excluding hydrogens is 208 g/mol. The molecule has 0 amide bonds. The van der Waals surface area contributed by atoms with Crippen molar-refractivity contribution in [3.05, 3.63) is 42.0 Å². The number of benzene rings is 2. The average molecular weight is 214 g/mol. The molecule has 0 saturated carbocycles. The fourth-order valence-corrected chi connectivity index (χ4v) is 2.59. The third-order valence-corrected chi connectivity index (χ3v) is 3.41. The fraction of sp³-hybridized carbons (Fsp3) is 0. The van der Waals surface area contributed by atoms with E-state index in [4.69, 9.17) is 0 Å². The van der Waals surface area contributed by atoms with Crippen LogP contribution in [0.25, 0.3) is 10.8 Å². The van der Waals surface area contributed by atoms with Gasteiger partial charge in [0.05, 0.1) is 0 Å². The molecule has 1 heterocycles. The van der Waals surface area contributed by atoms with Crippen LogP contribution in [0.3, 0.4) is 0 Å². The minimum Gasteiger partial charge on any atom is -0.284 e. The number of carbonyl (C=O) groups is 2. The van der Waals surface area contributed by atoms with E-state index in [1.807, 2.05) is 30.3 Å². The lowest BCUT2D eigenvalue weighted by Gasteiger charge is -1.99. The molecule has 0 aromatic heterocycles. The number of fused-ring (bicyclic) bond motifs is 2. The molecule has 15 heavy (non-hydrogen) atoms. The molecule has 0 spiro atoms. The summed E-state index contributed by atoms with van der Waals surface area (Å²) in [5.41, 5.74) is 0.545. The number of hydrogen-bond donors (Lipinski definition) is 0. The smallest absolute Gasteiger partial charge is 0.264 e. The zero-order valence-electron chi connectivity index (χ0n) is 7.69. The van der Waals surface area contributed by atoms with Gasteiger partial charge in [0.15, 0.2) is 0 Å². The molecule has 1 aliphatic heterocycles. The van der Waals surface area contributed by atoms with Gasteiger partial charge in [-0.2, -0.15) is 0 Å². The quantitative estimate of drug-likeness (QED) is 0.632. The lowest BCUT2D eigenvalue weighted by atomic mass is 10.1. The lowest BCUT2D eigenvalue weighted by molar-refractivity contribution is -0.107. The molecule has 3 rings (SSSR count). The lowest BCUT2D eigenvalue weighted by Crippen LogP contribution is -2.01. The molecule has 0 N–H and O–H groups in total. The van der Waals surface area contributed by atoms with Crippen molar-refractivity contribution < 1.29 is 9.59 Å². The normalized spacial score (nSPS) is 14.7. The van der Waals surface area contributed by atoms with Crippen molar-refractivity contribution in [1.82, 2.24) is 0 Å². The number of Topliss-reactive ketones (excluding diaryl/α,β-unsaturated/α-hetero) is 1. The van der Waals surface area contributed by atoms with Crippen molar-refractivity contribution in [2.75, 3.05) is 0 Å². The van der Waals surface area contributed by atoms with Crippen molar-refractivity contribution in [2.24, 2.45) is 0 Å². The first-order valence-corrected chi connectivity index (χ1v) is 5.37. The molecule has 1 aliphatic rings. The van der Waals surface area contributed by atoms with Crippen molar-refractivity contribution in [2.45, 2.75) is 4.90 Å². The Morgan fingerprint density at radius 2 is 1.60 bits per heavy atom. The monoisotopic (exact) mass is 214 g/mol. The molecule has 2 aromatic carbocycles. The second kappa shape index (κ2) is 2.94. The second-order valence-electron chi connectivity index (χ2n) is 3.41. The van der Waals surface area contributed by atoms with E-state index in [0.717, 1.165) is 27.4 Å². The van der Waals surface area contributed by atoms with E-state index < -0.39 is 0 Å². The summed E-state index contributed by atoms with van der Waals surface area (Å²) in [6, 6.07) is 11.5.